The van der Waals surface area contributed by atoms with Gasteiger partial charge in [0.05, 0.1) is 16.3 Å². The van der Waals surface area contributed by atoms with E-state index in [2.05, 4.69) is 20.9 Å². The van der Waals surface area contributed by atoms with Crippen molar-refractivity contribution in [2.45, 2.75) is 25.4 Å². The van der Waals surface area contributed by atoms with Crippen molar-refractivity contribution in [2.24, 2.45) is 0 Å². The van der Waals surface area contributed by atoms with Gasteiger partial charge in [0.25, 0.3) is 0 Å². The highest BCUT2D eigenvalue weighted by atomic mass is 35.5. The van der Waals surface area contributed by atoms with Gasteiger partial charge >= 0.3 is 12.2 Å². The number of hydrogen-bond acceptors (Lipinski definition) is 3. The molecule has 27 heavy (non-hydrogen) atoms. The zero-order chi connectivity index (χ0) is 19.4. The fourth-order valence-corrected chi connectivity index (χ4v) is 3.00. The molecule has 1 aromatic carbocycles. The van der Waals surface area contributed by atoms with E-state index < -0.39 is 17.8 Å². The first-order valence-electron chi connectivity index (χ1n) is 8.47. The average molecular weight is 399 g/mol. The number of anilines is 2. The number of hydrogen-bond donors (Lipinski definition) is 3. The molecule has 1 aliphatic heterocycles. The SMILES string of the molecule is O=C(NCCc1ccc2c(n1)NCCC2)Nc1ccc(C(F)(F)F)cc1Cl. The lowest BCUT2D eigenvalue weighted by atomic mass is 10.1. The number of aryl methyl sites for hydroxylation is 1. The molecule has 3 rings (SSSR count). The molecule has 0 atom stereocenters. The van der Waals surface area contributed by atoms with Gasteiger partial charge in [-0.25, -0.2) is 9.78 Å². The van der Waals surface area contributed by atoms with E-state index >= 15 is 0 Å². The van der Waals surface area contributed by atoms with Crippen molar-refractivity contribution in [3.63, 3.8) is 0 Å². The van der Waals surface area contributed by atoms with Crippen molar-refractivity contribution in [1.29, 1.82) is 0 Å². The highest BCUT2D eigenvalue weighted by Crippen LogP contribution is 2.33. The van der Waals surface area contributed by atoms with Crippen LogP contribution in [-0.2, 0) is 19.0 Å². The summed E-state index contributed by atoms with van der Waals surface area (Å²) in [6.07, 6.45) is -1.86. The summed E-state index contributed by atoms with van der Waals surface area (Å²) in [5.74, 6) is 0.889. The fourth-order valence-electron chi connectivity index (χ4n) is 2.77. The number of urea groups is 1. The molecule has 0 spiro atoms. The smallest absolute Gasteiger partial charge is 0.370 e. The van der Waals surface area contributed by atoms with Gasteiger partial charge in [0.15, 0.2) is 0 Å². The summed E-state index contributed by atoms with van der Waals surface area (Å²) in [5, 5.41) is 8.16. The number of amides is 2. The molecule has 0 unspecified atom stereocenters. The number of aromatic nitrogens is 1. The van der Waals surface area contributed by atoms with Gasteiger partial charge < -0.3 is 16.0 Å². The van der Waals surface area contributed by atoms with Crippen LogP contribution in [0.3, 0.4) is 0 Å². The Balaban J connectivity index is 1.51. The number of nitrogens with zero attached hydrogens (tertiary/aromatic N) is 1. The van der Waals surface area contributed by atoms with Crippen molar-refractivity contribution in [2.75, 3.05) is 23.7 Å². The van der Waals surface area contributed by atoms with E-state index in [1.807, 2.05) is 12.1 Å². The van der Waals surface area contributed by atoms with Crippen LogP contribution in [0.25, 0.3) is 0 Å². The van der Waals surface area contributed by atoms with E-state index in [0.29, 0.717) is 13.0 Å². The number of pyridine rings is 1. The molecular formula is C18H18ClF3N4O. The molecule has 0 fully saturated rings. The molecule has 0 aliphatic carbocycles. The number of carbonyl (C=O) groups is 1. The van der Waals surface area contributed by atoms with Gasteiger partial charge in [0, 0.05) is 25.2 Å². The van der Waals surface area contributed by atoms with Crippen LogP contribution >= 0.6 is 11.6 Å². The predicted molar refractivity (Wildman–Crippen MR) is 98.2 cm³/mol. The Hall–Kier alpha value is -2.48. The molecule has 2 aromatic rings. The van der Waals surface area contributed by atoms with Gasteiger partial charge in [-0.2, -0.15) is 13.2 Å². The normalized spacial score (nSPS) is 13.5. The van der Waals surface area contributed by atoms with Crippen molar-refractivity contribution >= 4 is 29.1 Å². The van der Waals surface area contributed by atoms with Gasteiger partial charge in [0.2, 0.25) is 0 Å². The highest BCUT2D eigenvalue weighted by molar-refractivity contribution is 6.33. The van der Waals surface area contributed by atoms with Gasteiger partial charge in [-0.05, 0) is 42.7 Å². The summed E-state index contributed by atoms with van der Waals surface area (Å²) in [6, 6.07) is 6.19. The Kier molecular flexibility index (Phi) is 5.74. The summed E-state index contributed by atoms with van der Waals surface area (Å²) >= 11 is 5.82. The van der Waals surface area contributed by atoms with Crippen LogP contribution in [0.4, 0.5) is 29.5 Å². The first-order chi connectivity index (χ1) is 12.8. The summed E-state index contributed by atoms with van der Waals surface area (Å²) in [4.78, 5) is 16.5. The molecule has 2 heterocycles. The maximum atomic E-state index is 12.6. The average Bonchev–Trinajstić information content (AvgIpc) is 2.62. The maximum Gasteiger partial charge on any atom is 0.416 e. The van der Waals surface area contributed by atoms with Crippen LogP contribution in [0, 0.1) is 0 Å². The second kappa shape index (κ2) is 8.04. The largest absolute Gasteiger partial charge is 0.416 e. The number of rotatable bonds is 4. The zero-order valence-corrected chi connectivity index (χ0v) is 15.0. The molecule has 3 N–H and O–H groups in total. The third-order valence-corrected chi connectivity index (χ3v) is 4.48. The second-order valence-electron chi connectivity index (χ2n) is 6.16. The molecule has 1 aliphatic rings. The molecule has 2 amide bonds. The van der Waals surface area contributed by atoms with E-state index in [0.717, 1.165) is 49.1 Å². The standard InChI is InChI=1S/C18H18ClF3N4O/c19-14-10-12(18(20,21)22)4-6-15(14)26-17(27)24-9-7-13-5-3-11-2-1-8-23-16(11)25-13/h3-6,10H,1-2,7-9H2,(H,23,25)(H2,24,26,27). The molecule has 144 valence electrons. The second-order valence-corrected chi connectivity index (χ2v) is 6.57. The fraction of sp³-hybridized carbons (Fsp3) is 0.333. The molecule has 9 heteroatoms. The number of halogens is 4. The van der Waals surface area contributed by atoms with E-state index in [1.165, 1.54) is 5.56 Å². The lowest BCUT2D eigenvalue weighted by Crippen LogP contribution is -2.30. The summed E-state index contributed by atoms with van der Waals surface area (Å²) in [6.45, 7) is 1.23. The van der Waals surface area contributed by atoms with Gasteiger partial charge in [-0.15, -0.1) is 0 Å². The van der Waals surface area contributed by atoms with Gasteiger partial charge in [-0.1, -0.05) is 17.7 Å². The maximum absolute atomic E-state index is 12.6. The molecule has 0 bridgehead atoms. The third-order valence-electron chi connectivity index (χ3n) is 4.16. The molecule has 0 saturated heterocycles. The third kappa shape index (κ3) is 5.03. The Morgan fingerprint density at radius 3 is 2.81 bits per heavy atom. The minimum absolute atomic E-state index is 0.110. The lowest BCUT2D eigenvalue weighted by molar-refractivity contribution is -0.137. The molecule has 5 nitrogen and oxygen atoms in total. The molecule has 0 radical (unpaired) electrons. The summed E-state index contributed by atoms with van der Waals surface area (Å²) in [7, 11) is 0. The van der Waals surface area contributed by atoms with Crippen LogP contribution in [0.2, 0.25) is 5.02 Å². The first-order valence-corrected chi connectivity index (χ1v) is 8.85. The molecular weight excluding hydrogens is 381 g/mol. The van der Waals surface area contributed by atoms with Crippen molar-refractivity contribution in [3.8, 4) is 0 Å². The Labute approximate surface area is 159 Å². The van der Waals surface area contributed by atoms with Crippen LogP contribution < -0.4 is 16.0 Å². The van der Waals surface area contributed by atoms with Gasteiger partial charge in [0.1, 0.15) is 5.82 Å². The zero-order valence-electron chi connectivity index (χ0n) is 14.3. The van der Waals surface area contributed by atoms with E-state index in [-0.39, 0.29) is 10.7 Å². The Morgan fingerprint density at radius 2 is 2.07 bits per heavy atom. The number of nitrogens with one attached hydrogen (secondary N) is 3. The Morgan fingerprint density at radius 1 is 1.26 bits per heavy atom. The van der Waals surface area contributed by atoms with E-state index in [9.17, 15) is 18.0 Å². The van der Waals surface area contributed by atoms with E-state index in [4.69, 9.17) is 11.6 Å². The van der Waals surface area contributed by atoms with E-state index in [1.54, 1.807) is 0 Å². The number of benzene rings is 1. The number of fused-ring (bicyclic) bond motifs is 1. The van der Waals surface area contributed by atoms with Crippen LogP contribution in [0.1, 0.15) is 23.2 Å². The minimum atomic E-state index is -4.48. The van der Waals surface area contributed by atoms with Crippen molar-refractivity contribution in [1.82, 2.24) is 10.3 Å². The quantitative estimate of drug-likeness (QED) is 0.711. The molecule has 0 saturated carbocycles. The van der Waals surface area contributed by atoms with Crippen LogP contribution in [0.5, 0.6) is 0 Å². The van der Waals surface area contributed by atoms with Gasteiger partial charge in [-0.3, -0.25) is 0 Å². The summed E-state index contributed by atoms with van der Waals surface area (Å²) < 4.78 is 37.9. The predicted octanol–water partition coefficient (Wildman–Crippen LogP) is 4.48. The lowest BCUT2D eigenvalue weighted by Gasteiger charge is -2.17. The Bertz CT molecular complexity index is 842. The van der Waals surface area contributed by atoms with Crippen molar-refractivity contribution < 1.29 is 18.0 Å². The topological polar surface area (TPSA) is 66.0 Å². The highest BCUT2D eigenvalue weighted by Gasteiger charge is 2.31. The summed E-state index contributed by atoms with van der Waals surface area (Å²) in [5.41, 5.74) is 1.27. The van der Waals surface area contributed by atoms with Crippen molar-refractivity contribution in [3.05, 3.63) is 52.2 Å². The number of alkyl halides is 3. The minimum Gasteiger partial charge on any atom is -0.370 e. The first kappa shape index (κ1) is 19.3. The monoisotopic (exact) mass is 398 g/mol. The van der Waals surface area contributed by atoms with Crippen LogP contribution in [0.15, 0.2) is 30.3 Å². The van der Waals surface area contributed by atoms with Crippen LogP contribution in [-0.4, -0.2) is 24.1 Å². The number of carbonyl (C=O) groups excluding carboxylic acids is 1. The molecule has 1 aromatic heterocycles.